The number of carbonyl (C=O) groups is 2. The van der Waals surface area contributed by atoms with Gasteiger partial charge >= 0.3 is 11.9 Å². The fourth-order valence-corrected chi connectivity index (χ4v) is 4.97. The molecule has 2 atom stereocenters. The highest BCUT2D eigenvalue weighted by atomic mass is 16.5. The molecule has 0 bridgehead atoms. The summed E-state index contributed by atoms with van der Waals surface area (Å²) >= 11 is 0. The minimum atomic E-state index is -1.26. The van der Waals surface area contributed by atoms with Crippen LogP contribution < -0.4 is 19.3 Å². The van der Waals surface area contributed by atoms with E-state index in [1.54, 1.807) is 14.2 Å². The first-order valence-electron chi connectivity index (χ1n) is 12.4. The fourth-order valence-electron chi connectivity index (χ4n) is 4.97. The van der Waals surface area contributed by atoms with Gasteiger partial charge in [0.2, 0.25) is 0 Å². The summed E-state index contributed by atoms with van der Waals surface area (Å²) in [6.45, 7) is 7.93. The van der Waals surface area contributed by atoms with Gasteiger partial charge in [-0.05, 0) is 43.7 Å². The number of hydrogen-bond acceptors (Lipinski definition) is 7. The number of fused-ring (bicyclic) bond motifs is 1. The lowest BCUT2D eigenvalue weighted by atomic mass is 9.92. The maximum Gasteiger partial charge on any atom is 0.328 e. The van der Waals surface area contributed by atoms with E-state index >= 15 is 0 Å². The van der Waals surface area contributed by atoms with Gasteiger partial charge < -0.3 is 29.5 Å². The number of para-hydroxylation sites is 1. The van der Waals surface area contributed by atoms with Crippen LogP contribution in [0.2, 0.25) is 0 Å². The molecule has 2 heterocycles. The van der Waals surface area contributed by atoms with Gasteiger partial charge in [0.25, 0.3) is 0 Å². The fraction of sp³-hybridized carbons (Fsp3) is 0.429. The number of carboxylic acid groups (broad SMARTS) is 2. The van der Waals surface area contributed by atoms with Crippen molar-refractivity contribution in [2.45, 2.75) is 25.3 Å². The van der Waals surface area contributed by atoms with Crippen LogP contribution in [-0.2, 0) is 9.59 Å². The number of rotatable bonds is 8. The van der Waals surface area contributed by atoms with Crippen LogP contribution in [0.15, 0.2) is 54.6 Å². The third-order valence-electron chi connectivity index (χ3n) is 7.12. The van der Waals surface area contributed by atoms with E-state index < -0.39 is 11.9 Å². The number of nitrogens with zero attached hydrogens (tertiary/aromatic N) is 3. The second kappa shape index (κ2) is 13.0. The molecule has 37 heavy (non-hydrogen) atoms. The molecule has 2 unspecified atom stereocenters. The summed E-state index contributed by atoms with van der Waals surface area (Å²) in [5.74, 6) is -0.361. The van der Waals surface area contributed by atoms with Crippen molar-refractivity contribution < 1.29 is 29.3 Å². The highest BCUT2D eigenvalue weighted by Gasteiger charge is 2.35. The Labute approximate surface area is 218 Å². The number of benzene rings is 2. The van der Waals surface area contributed by atoms with Gasteiger partial charge in [-0.15, -0.1) is 0 Å². The molecule has 9 nitrogen and oxygen atoms in total. The predicted molar refractivity (Wildman–Crippen MR) is 144 cm³/mol. The van der Waals surface area contributed by atoms with Crippen molar-refractivity contribution in [3.05, 3.63) is 60.2 Å². The molecular formula is C28H37N3O6. The number of piperazine rings is 1. The largest absolute Gasteiger partial charge is 0.493 e. The van der Waals surface area contributed by atoms with Crippen molar-refractivity contribution in [2.75, 3.05) is 63.8 Å². The van der Waals surface area contributed by atoms with Gasteiger partial charge in [0.15, 0.2) is 11.5 Å². The molecule has 0 saturated carbocycles. The SMILES string of the molecule is COc1cc2c(cc1OC)N(C)C(C)C2CCN1CCN(c2ccccc2)CC1.O=C(O)C=CC(=O)O. The van der Waals surface area contributed by atoms with E-state index in [9.17, 15) is 9.59 Å². The Hall–Kier alpha value is -3.72. The maximum absolute atomic E-state index is 9.55. The van der Waals surface area contributed by atoms with Gasteiger partial charge in [0, 0.05) is 74.8 Å². The molecule has 4 rings (SSSR count). The molecule has 2 aliphatic heterocycles. The normalized spacial score (nSPS) is 19.2. The van der Waals surface area contributed by atoms with Crippen LogP contribution in [0.5, 0.6) is 11.5 Å². The maximum atomic E-state index is 9.55. The molecule has 0 radical (unpaired) electrons. The van der Waals surface area contributed by atoms with E-state index in [0.29, 0.717) is 24.1 Å². The van der Waals surface area contributed by atoms with Gasteiger partial charge in [0.1, 0.15) is 0 Å². The number of ether oxygens (including phenoxy) is 2. The Kier molecular flexibility index (Phi) is 9.79. The van der Waals surface area contributed by atoms with Gasteiger partial charge in [-0.1, -0.05) is 18.2 Å². The summed E-state index contributed by atoms with van der Waals surface area (Å²) in [5.41, 5.74) is 4.00. The first-order valence-corrected chi connectivity index (χ1v) is 12.4. The van der Waals surface area contributed by atoms with Crippen LogP contribution >= 0.6 is 0 Å². The zero-order valence-electron chi connectivity index (χ0n) is 22.0. The minimum absolute atomic E-state index is 0.479. The van der Waals surface area contributed by atoms with Crippen molar-refractivity contribution in [1.29, 1.82) is 0 Å². The second-order valence-corrected chi connectivity index (χ2v) is 9.19. The molecule has 0 aromatic heterocycles. The summed E-state index contributed by atoms with van der Waals surface area (Å²) in [6.07, 6.45) is 2.28. The lowest BCUT2D eigenvalue weighted by molar-refractivity contribution is -0.134. The van der Waals surface area contributed by atoms with Gasteiger partial charge in [-0.3, -0.25) is 4.90 Å². The number of methoxy groups -OCH3 is 2. The van der Waals surface area contributed by atoms with Crippen molar-refractivity contribution in [3.8, 4) is 11.5 Å². The molecule has 0 spiro atoms. The first-order chi connectivity index (χ1) is 17.7. The summed E-state index contributed by atoms with van der Waals surface area (Å²) < 4.78 is 11.1. The Morgan fingerprint density at radius 1 is 0.946 bits per heavy atom. The Morgan fingerprint density at radius 3 is 2.05 bits per heavy atom. The topological polar surface area (TPSA) is 103 Å². The third kappa shape index (κ3) is 7.16. The lowest BCUT2D eigenvalue weighted by Gasteiger charge is -2.36. The molecule has 2 aliphatic rings. The van der Waals surface area contributed by atoms with E-state index in [1.165, 1.54) is 23.4 Å². The number of likely N-dealkylation sites (N-methyl/N-ethyl adjacent to an activating group) is 1. The predicted octanol–water partition coefficient (Wildman–Crippen LogP) is 3.55. The van der Waals surface area contributed by atoms with Crippen molar-refractivity contribution in [3.63, 3.8) is 0 Å². The van der Waals surface area contributed by atoms with Gasteiger partial charge in [-0.2, -0.15) is 0 Å². The van der Waals surface area contributed by atoms with Crippen LogP contribution in [0.25, 0.3) is 0 Å². The Morgan fingerprint density at radius 2 is 1.51 bits per heavy atom. The molecule has 2 aromatic carbocycles. The van der Waals surface area contributed by atoms with Crippen molar-refractivity contribution in [1.82, 2.24) is 4.90 Å². The van der Waals surface area contributed by atoms with Crippen molar-refractivity contribution in [2.24, 2.45) is 0 Å². The van der Waals surface area contributed by atoms with E-state index in [1.807, 2.05) is 0 Å². The molecule has 1 saturated heterocycles. The summed E-state index contributed by atoms with van der Waals surface area (Å²) in [4.78, 5) is 26.6. The Bertz CT molecular complexity index is 1070. The van der Waals surface area contributed by atoms with Crippen LogP contribution in [0.1, 0.15) is 24.8 Å². The second-order valence-electron chi connectivity index (χ2n) is 9.19. The molecule has 9 heteroatoms. The summed E-state index contributed by atoms with van der Waals surface area (Å²) in [7, 11) is 5.61. The van der Waals surface area contributed by atoms with Crippen LogP contribution in [0.3, 0.4) is 0 Å². The molecule has 200 valence electrons. The molecule has 0 amide bonds. The van der Waals surface area contributed by atoms with E-state index in [4.69, 9.17) is 19.7 Å². The van der Waals surface area contributed by atoms with Gasteiger partial charge in [-0.25, -0.2) is 9.59 Å². The molecule has 2 N–H and O–H groups in total. The van der Waals surface area contributed by atoms with E-state index in [0.717, 1.165) is 44.2 Å². The number of aliphatic carboxylic acids is 2. The number of anilines is 2. The number of carboxylic acids is 2. The zero-order valence-corrected chi connectivity index (χ0v) is 22.0. The van der Waals surface area contributed by atoms with Crippen LogP contribution in [0.4, 0.5) is 11.4 Å². The smallest absolute Gasteiger partial charge is 0.328 e. The minimum Gasteiger partial charge on any atom is -0.493 e. The molecule has 0 aliphatic carbocycles. The van der Waals surface area contributed by atoms with Crippen LogP contribution in [-0.4, -0.2) is 87.1 Å². The summed E-state index contributed by atoms with van der Waals surface area (Å²) in [5, 5.41) is 15.6. The average molecular weight is 512 g/mol. The Balaban J connectivity index is 0.000000414. The highest BCUT2D eigenvalue weighted by molar-refractivity contribution is 5.89. The number of hydrogen-bond donors (Lipinski definition) is 2. The molecule has 2 aromatic rings. The standard InChI is InChI=1S/C24H33N3O2.C4H4O4/c1-18-20(21-16-23(28-3)24(29-4)17-22(21)25(18)2)10-11-26-12-14-27(15-13-26)19-8-6-5-7-9-19;5-3(6)1-2-4(7)8/h5-9,16-18,20H,10-15H2,1-4H3;1-2H,(H,5,6)(H,7,8). The van der Waals surface area contributed by atoms with E-state index in [-0.39, 0.29) is 0 Å². The quantitative estimate of drug-likeness (QED) is 0.515. The third-order valence-corrected chi connectivity index (χ3v) is 7.12. The first kappa shape index (κ1) is 27.9. The monoisotopic (exact) mass is 511 g/mol. The van der Waals surface area contributed by atoms with Crippen molar-refractivity contribution >= 4 is 23.3 Å². The summed E-state index contributed by atoms with van der Waals surface area (Å²) in [6, 6.07) is 15.6. The highest BCUT2D eigenvalue weighted by Crippen LogP contribution is 2.46. The molecule has 1 fully saturated rings. The molecular weight excluding hydrogens is 474 g/mol. The van der Waals surface area contributed by atoms with Crippen LogP contribution in [0, 0.1) is 0 Å². The van der Waals surface area contributed by atoms with E-state index in [2.05, 4.69) is 71.1 Å². The van der Waals surface area contributed by atoms with Gasteiger partial charge in [0.05, 0.1) is 14.2 Å². The lowest BCUT2D eigenvalue weighted by Crippen LogP contribution is -2.47. The zero-order chi connectivity index (χ0) is 26.9. The average Bonchev–Trinajstić information content (AvgIpc) is 3.14.